The average molecular weight is 368 g/mol. The van der Waals surface area contributed by atoms with Crippen LogP contribution in [0.2, 0.25) is 0 Å². The lowest BCUT2D eigenvalue weighted by Gasteiger charge is -2.12. The number of nitrogens with zero attached hydrogens (tertiary/aromatic N) is 2. The zero-order valence-electron chi connectivity index (χ0n) is 14.3. The van der Waals surface area contributed by atoms with Crippen LogP contribution in [0.5, 0.6) is 11.6 Å². The quantitative estimate of drug-likeness (QED) is 0.757. The summed E-state index contributed by atoms with van der Waals surface area (Å²) in [4.78, 5) is 7.94. The number of hydrogen-bond acceptors (Lipinski definition) is 5. The van der Waals surface area contributed by atoms with E-state index in [1.54, 1.807) is 7.11 Å². The molecule has 8 heteroatoms. The van der Waals surface area contributed by atoms with Crippen LogP contribution < -0.4 is 9.47 Å². The van der Waals surface area contributed by atoms with Gasteiger partial charge in [0, 0.05) is 18.2 Å². The number of aromatic nitrogens is 1. The summed E-state index contributed by atoms with van der Waals surface area (Å²) >= 11 is 0. The van der Waals surface area contributed by atoms with Crippen molar-refractivity contribution in [1.82, 2.24) is 4.98 Å². The van der Waals surface area contributed by atoms with Gasteiger partial charge in [-0.15, -0.1) is 13.2 Å². The van der Waals surface area contributed by atoms with E-state index < -0.39 is 18.3 Å². The first-order valence-electron chi connectivity index (χ1n) is 7.80. The fourth-order valence-electron chi connectivity index (χ4n) is 2.22. The Morgan fingerprint density at radius 1 is 1.19 bits per heavy atom. The van der Waals surface area contributed by atoms with Gasteiger partial charge in [-0.1, -0.05) is 18.2 Å². The highest BCUT2D eigenvalue weighted by molar-refractivity contribution is 5.84. The third kappa shape index (κ3) is 6.36. The number of aliphatic hydroxyl groups is 1. The normalized spacial score (nSPS) is 13.4. The Morgan fingerprint density at radius 3 is 2.50 bits per heavy atom. The molecule has 0 aliphatic rings. The predicted molar refractivity (Wildman–Crippen MR) is 90.6 cm³/mol. The first-order chi connectivity index (χ1) is 12.3. The number of aliphatic imine (C=N–C) groups is 1. The Kier molecular flexibility index (Phi) is 6.57. The third-order valence-corrected chi connectivity index (χ3v) is 3.46. The van der Waals surface area contributed by atoms with Gasteiger partial charge in [-0.05, 0) is 30.7 Å². The highest BCUT2D eigenvalue weighted by Crippen LogP contribution is 2.22. The summed E-state index contributed by atoms with van der Waals surface area (Å²) in [5, 5.41) is 10.1. The molecule has 0 radical (unpaired) electrons. The number of hydrogen-bond donors (Lipinski definition) is 1. The number of rotatable bonds is 7. The Hall–Kier alpha value is -2.61. The van der Waals surface area contributed by atoms with Crippen LogP contribution in [0.1, 0.15) is 24.3 Å². The fraction of sp³-hybridized carbons (Fsp3) is 0.333. The molecule has 1 aromatic heterocycles. The first-order valence-corrected chi connectivity index (χ1v) is 7.80. The second kappa shape index (κ2) is 8.66. The number of methoxy groups -OCH3 is 1. The molecule has 5 nitrogen and oxygen atoms in total. The molecule has 0 unspecified atom stereocenters. The van der Waals surface area contributed by atoms with Gasteiger partial charge >= 0.3 is 6.36 Å². The van der Waals surface area contributed by atoms with E-state index in [0.717, 1.165) is 23.1 Å². The molecule has 0 aliphatic carbocycles. The van der Waals surface area contributed by atoms with Gasteiger partial charge < -0.3 is 14.6 Å². The molecule has 0 bridgehead atoms. The van der Waals surface area contributed by atoms with E-state index in [1.807, 2.05) is 31.2 Å². The van der Waals surface area contributed by atoms with Crippen molar-refractivity contribution >= 4 is 5.71 Å². The molecule has 0 saturated carbocycles. The van der Waals surface area contributed by atoms with Crippen LogP contribution in [-0.4, -0.2) is 35.8 Å². The highest BCUT2D eigenvalue weighted by Gasteiger charge is 2.32. The van der Waals surface area contributed by atoms with Gasteiger partial charge in [0.15, 0.2) is 0 Å². The molecule has 140 valence electrons. The standard InChI is InChI=1S/C18H19F3N2O3/c1-12(10-13-6-8-14(25-2)9-7-13)22-11-16(24)15-4-3-5-17(23-15)26-18(19,20)21/h3-9,16,24H,10-11H2,1-2H3/t16-/m0/s1. The molecular weight excluding hydrogens is 349 g/mol. The van der Waals surface area contributed by atoms with E-state index in [1.165, 1.54) is 12.1 Å². The summed E-state index contributed by atoms with van der Waals surface area (Å²) < 4.78 is 45.5. The van der Waals surface area contributed by atoms with Crippen molar-refractivity contribution in [2.24, 2.45) is 4.99 Å². The van der Waals surface area contributed by atoms with E-state index >= 15 is 0 Å². The molecule has 0 saturated heterocycles. The molecule has 1 N–H and O–H groups in total. The minimum Gasteiger partial charge on any atom is -0.497 e. The van der Waals surface area contributed by atoms with Crippen molar-refractivity contribution in [2.75, 3.05) is 13.7 Å². The molecule has 0 aliphatic heterocycles. The zero-order valence-corrected chi connectivity index (χ0v) is 14.3. The van der Waals surface area contributed by atoms with E-state index in [2.05, 4.69) is 14.7 Å². The van der Waals surface area contributed by atoms with Gasteiger partial charge in [-0.3, -0.25) is 4.99 Å². The minimum absolute atomic E-state index is 0.00947. The van der Waals surface area contributed by atoms with Crippen molar-refractivity contribution in [3.8, 4) is 11.6 Å². The number of aliphatic hydroxyl groups excluding tert-OH is 1. The largest absolute Gasteiger partial charge is 0.574 e. The second-order valence-electron chi connectivity index (χ2n) is 5.57. The van der Waals surface area contributed by atoms with Crippen LogP contribution in [-0.2, 0) is 6.42 Å². The summed E-state index contributed by atoms with van der Waals surface area (Å²) in [6.07, 6.45) is -5.37. The fourth-order valence-corrected chi connectivity index (χ4v) is 2.22. The monoisotopic (exact) mass is 368 g/mol. The van der Waals surface area contributed by atoms with Gasteiger partial charge in [0.05, 0.1) is 19.3 Å². The van der Waals surface area contributed by atoms with E-state index in [0.29, 0.717) is 6.42 Å². The van der Waals surface area contributed by atoms with Crippen molar-refractivity contribution < 1.29 is 27.8 Å². The number of alkyl halides is 3. The van der Waals surface area contributed by atoms with Crippen LogP contribution in [0, 0.1) is 0 Å². The van der Waals surface area contributed by atoms with Gasteiger partial charge in [-0.25, -0.2) is 4.98 Å². The lowest BCUT2D eigenvalue weighted by atomic mass is 10.1. The van der Waals surface area contributed by atoms with E-state index in [-0.39, 0.29) is 12.2 Å². The number of pyridine rings is 1. The summed E-state index contributed by atoms with van der Waals surface area (Å²) in [6.45, 7) is 1.80. The number of ether oxygens (including phenoxy) is 2. The van der Waals surface area contributed by atoms with Gasteiger partial charge in [0.25, 0.3) is 0 Å². The number of halogens is 3. The van der Waals surface area contributed by atoms with Crippen LogP contribution >= 0.6 is 0 Å². The van der Waals surface area contributed by atoms with Crippen molar-refractivity contribution in [3.05, 3.63) is 53.7 Å². The topological polar surface area (TPSA) is 63.9 Å². The van der Waals surface area contributed by atoms with E-state index in [4.69, 9.17) is 4.74 Å². The van der Waals surface area contributed by atoms with Crippen LogP contribution in [0.4, 0.5) is 13.2 Å². The lowest BCUT2D eigenvalue weighted by molar-refractivity contribution is -0.276. The van der Waals surface area contributed by atoms with Crippen LogP contribution in [0.3, 0.4) is 0 Å². The molecular formula is C18H19F3N2O3. The third-order valence-electron chi connectivity index (χ3n) is 3.46. The molecule has 2 rings (SSSR count). The molecule has 1 heterocycles. The maximum Gasteiger partial charge on any atom is 0.574 e. The Balaban J connectivity index is 1.96. The van der Waals surface area contributed by atoms with Gasteiger partial charge in [0.2, 0.25) is 5.88 Å². The Bertz CT molecular complexity index is 746. The maximum absolute atomic E-state index is 12.2. The first kappa shape index (κ1) is 19.7. The van der Waals surface area contributed by atoms with E-state index in [9.17, 15) is 18.3 Å². The molecule has 0 amide bonds. The van der Waals surface area contributed by atoms with Gasteiger partial charge in [-0.2, -0.15) is 0 Å². The molecule has 0 fully saturated rings. The Labute approximate surface area is 149 Å². The van der Waals surface area contributed by atoms with Crippen molar-refractivity contribution in [2.45, 2.75) is 25.8 Å². The summed E-state index contributed by atoms with van der Waals surface area (Å²) in [7, 11) is 1.59. The van der Waals surface area contributed by atoms with Crippen molar-refractivity contribution in [1.29, 1.82) is 0 Å². The lowest BCUT2D eigenvalue weighted by Crippen LogP contribution is -2.18. The van der Waals surface area contributed by atoms with Gasteiger partial charge in [0.1, 0.15) is 11.9 Å². The SMILES string of the molecule is COc1ccc(CC(C)=NC[C@H](O)c2cccc(OC(F)(F)F)n2)cc1. The second-order valence-corrected chi connectivity index (χ2v) is 5.57. The molecule has 1 aromatic carbocycles. The average Bonchev–Trinajstić information content (AvgIpc) is 2.59. The van der Waals surface area contributed by atoms with Crippen LogP contribution in [0.25, 0.3) is 0 Å². The molecule has 2 aromatic rings. The summed E-state index contributed by atoms with van der Waals surface area (Å²) in [6, 6.07) is 11.3. The van der Waals surface area contributed by atoms with Crippen molar-refractivity contribution in [3.63, 3.8) is 0 Å². The predicted octanol–water partition coefficient (Wildman–Crippen LogP) is 3.73. The number of benzene rings is 1. The minimum atomic E-state index is -4.83. The molecule has 26 heavy (non-hydrogen) atoms. The smallest absolute Gasteiger partial charge is 0.497 e. The molecule has 1 atom stereocenters. The summed E-state index contributed by atoms with van der Waals surface area (Å²) in [5.74, 6) is 0.138. The highest BCUT2D eigenvalue weighted by atomic mass is 19.4. The maximum atomic E-state index is 12.2. The Morgan fingerprint density at radius 2 is 1.88 bits per heavy atom. The zero-order chi connectivity index (χ0) is 19.2. The molecule has 0 spiro atoms. The van der Waals surface area contributed by atoms with Crippen LogP contribution in [0.15, 0.2) is 47.5 Å². The summed E-state index contributed by atoms with van der Waals surface area (Å²) in [5.41, 5.74) is 1.87.